The highest BCUT2D eigenvalue weighted by molar-refractivity contribution is 6.14. The van der Waals surface area contributed by atoms with E-state index in [0.29, 0.717) is 55.6 Å². The summed E-state index contributed by atoms with van der Waals surface area (Å²) in [6, 6.07) is 8.26. The van der Waals surface area contributed by atoms with E-state index < -0.39 is 0 Å². The van der Waals surface area contributed by atoms with Crippen molar-refractivity contribution in [3.63, 3.8) is 0 Å². The second-order valence-corrected chi connectivity index (χ2v) is 6.97. The number of nitrogens with zero attached hydrogens (tertiary/aromatic N) is 2. The Morgan fingerprint density at radius 1 is 1.13 bits per heavy atom. The van der Waals surface area contributed by atoms with Crippen molar-refractivity contribution >= 4 is 23.9 Å². The summed E-state index contributed by atoms with van der Waals surface area (Å²) in [5.74, 6) is 1.05. The van der Waals surface area contributed by atoms with Crippen LogP contribution in [-0.4, -0.2) is 67.0 Å². The number of amides is 2. The smallest absolute Gasteiger partial charge is 0.409 e. The average Bonchev–Trinajstić information content (AvgIpc) is 3.40. The highest BCUT2D eigenvalue weighted by atomic mass is 16.6. The van der Waals surface area contributed by atoms with E-state index >= 15 is 0 Å². The third-order valence-electron chi connectivity index (χ3n) is 4.98. The van der Waals surface area contributed by atoms with Gasteiger partial charge < -0.3 is 28.4 Å². The van der Waals surface area contributed by atoms with Crippen molar-refractivity contribution in [1.82, 2.24) is 9.80 Å². The number of benzene rings is 1. The van der Waals surface area contributed by atoms with Gasteiger partial charge in [-0.3, -0.25) is 9.59 Å². The van der Waals surface area contributed by atoms with Crippen LogP contribution >= 0.6 is 0 Å². The van der Waals surface area contributed by atoms with Gasteiger partial charge >= 0.3 is 6.09 Å². The van der Waals surface area contributed by atoms with Gasteiger partial charge in [0.1, 0.15) is 17.3 Å². The molecule has 31 heavy (non-hydrogen) atoms. The number of carbonyl (C=O) groups excluding carboxylic acids is 3. The highest BCUT2D eigenvalue weighted by Crippen LogP contribution is 2.34. The molecule has 0 radical (unpaired) electrons. The minimum Gasteiger partial charge on any atom is -0.484 e. The Morgan fingerprint density at radius 2 is 1.90 bits per heavy atom. The average molecular weight is 426 g/mol. The minimum atomic E-state index is -0.362. The van der Waals surface area contributed by atoms with E-state index in [0.717, 1.165) is 0 Å². The van der Waals surface area contributed by atoms with Crippen LogP contribution in [0.25, 0.3) is 6.08 Å². The molecule has 9 nitrogen and oxygen atoms in total. The summed E-state index contributed by atoms with van der Waals surface area (Å²) >= 11 is 0. The molecule has 9 heteroatoms. The summed E-state index contributed by atoms with van der Waals surface area (Å²) in [5, 5.41) is 0. The van der Waals surface area contributed by atoms with Gasteiger partial charge in [0.05, 0.1) is 18.4 Å². The molecule has 1 aromatic heterocycles. The fourth-order valence-corrected chi connectivity index (χ4v) is 3.35. The van der Waals surface area contributed by atoms with E-state index in [1.54, 1.807) is 47.1 Å². The van der Waals surface area contributed by atoms with E-state index in [4.69, 9.17) is 18.6 Å². The topological polar surface area (TPSA) is 98.5 Å². The lowest BCUT2D eigenvalue weighted by atomic mass is 10.1. The molecule has 3 heterocycles. The second kappa shape index (κ2) is 8.95. The summed E-state index contributed by atoms with van der Waals surface area (Å²) in [7, 11) is 0. The SMILES string of the molecule is CCOC(=O)N1CCN(C(=O)COc2ccc3c(c2)OC(=Cc2ccco2)C3=O)CC1. The standard InChI is InChI=1S/C22H22N2O7/c1-2-28-22(27)24-9-7-23(8-10-24)20(25)14-30-16-5-6-17-18(12-16)31-19(21(17)26)13-15-4-3-11-29-15/h3-6,11-13H,2,7-10,14H2,1H3. The molecule has 0 unspecified atom stereocenters. The van der Waals surface area contributed by atoms with Gasteiger partial charge in [0.2, 0.25) is 5.78 Å². The quantitative estimate of drug-likeness (QED) is 0.678. The van der Waals surface area contributed by atoms with Gasteiger partial charge in [-0.15, -0.1) is 0 Å². The number of hydrogen-bond acceptors (Lipinski definition) is 7. The number of ether oxygens (including phenoxy) is 3. The molecule has 162 valence electrons. The lowest BCUT2D eigenvalue weighted by Crippen LogP contribution is -2.51. The second-order valence-electron chi connectivity index (χ2n) is 6.97. The minimum absolute atomic E-state index is 0.152. The monoisotopic (exact) mass is 426 g/mol. The van der Waals surface area contributed by atoms with E-state index in [1.807, 2.05) is 0 Å². The normalized spacial score (nSPS) is 16.8. The summed E-state index contributed by atoms with van der Waals surface area (Å²) in [5.41, 5.74) is 0.423. The number of Topliss-reactive ketones (excluding diaryl/α,β-unsaturated/α-hetero) is 1. The molecule has 1 saturated heterocycles. The number of hydrogen-bond donors (Lipinski definition) is 0. The van der Waals surface area contributed by atoms with Crippen molar-refractivity contribution in [1.29, 1.82) is 0 Å². The maximum atomic E-state index is 12.5. The maximum Gasteiger partial charge on any atom is 0.409 e. The van der Waals surface area contributed by atoms with Crippen LogP contribution in [0.4, 0.5) is 4.79 Å². The molecular formula is C22H22N2O7. The first-order valence-corrected chi connectivity index (χ1v) is 9.99. The van der Waals surface area contributed by atoms with Gasteiger partial charge in [-0.25, -0.2) is 4.79 Å². The van der Waals surface area contributed by atoms with Crippen LogP contribution in [0.1, 0.15) is 23.0 Å². The van der Waals surface area contributed by atoms with Crippen molar-refractivity contribution in [3.05, 3.63) is 53.7 Å². The Bertz CT molecular complexity index is 1000. The molecule has 1 aromatic carbocycles. The third-order valence-corrected chi connectivity index (χ3v) is 4.98. The predicted octanol–water partition coefficient (Wildman–Crippen LogP) is 2.58. The first-order chi connectivity index (χ1) is 15.0. The number of furan rings is 1. The molecule has 0 spiro atoms. The third kappa shape index (κ3) is 4.55. The first-order valence-electron chi connectivity index (χ1n) is 9.99. The summed E-state index contributed by atoms with van der Waals surface area (Å²) in [6.45, 7) is 3.61. The molecule has 0 saturated carbocycles. The van der Waals surface area contributed by atoms with E-state index in [2.05, 4.69) is 0 Å². The number of piperazine rings is 1. The molecule has 2 aliphatic heterocycles. The molecule has 1 fully saturated rings. The van der Waals surface area contributed by atoms with Gasteiger partial charge in [-0.05, 0) is 31.2 Å². The molecule has 0 aliphatic carbocycles. The van der Waals surface area contributed by atoms with Crippen LogP contribution in [0.2, 0.25) is 0 Å². The summed E-state index contributed by atoms with van der Waals surface area (Å²) < 4.78 is 21.4. The van der Waals surface area contributed by atoms with E-state index in [-0.39, 0.29) is 30.1 Å². The summed E-state index contributed by atoms with van der Waals surface area (Å²) in [6.07, 6.45) is 2.68. The van der Waals surface area contributed by atoms with Crippen molar-refractivity contribution in [2.24, 2.45) is 0 Å². The zero-order valence-electron chi connectivity index (χ0n) is 17.0. The fourth-order valence-electron chi connectivity index (χ4n) is 3.35. The number of rotatable bonds is 5. The largest absolute Gasteiger partial charge is 0.484 e. The Hall–Kier alpha value is -3.75. The Morgan fingerprint density at radius 3 is 2.61 bits per heavy atom. The summed E-state index contributed by atoms with van der Waals surface area (Å²) in [4.78, 5) is 39.9. The lowest BCUT2D eigenvalue weighted by molar-refractivity contribution is -0.134. The van der Waals surface area contributed by atoms with Crippen LogP contribution < -0.4 is 9.47 Å². The van der Waals surface area contributed by atoms with Crippen LogP contribution in [0.15, 0.2) is 46.8 Å². The molecule has 2 amide bonds. The zero-order chi connectivity index (χ0) is 21.8. The van der Waals surface area contributed by atoms with E-state index in [1.165, 1.54) is 12.3 Å². The Balaban J connectivity index is 1.31. The number of fused-ring (bicyclic) bond motifs is 1. The number of ketones is 1. The fraction of sp³-hybridized carbons (Fsp3) is 0.318. The lowest BCUT2D eigenvalue weighted by Gasteiger charge is -2.33. The Kier molecular flexibility index (Phi) is 5.92. The van der Waals surface area contributed by atoms with Gasteiger partial charge in [-0.2, -0.15) is 0 Å². The van der Waals surface area contributed by atoms with Gasteiger partial charge in [0, 0.05) is 38.3 Å². The molecule has 2 aliphatic rings. The van der Waals surface area contributed by atoms with Crippen molar-refractivity contribution in [2.75, 3.05) is 39.4 Å². The van der Waals surface area contributed by atoms with Crippen LogP contribution in [0.3, 0.4) is 0 Å². The zero-order valence-corrected chi connectivity index (χ0v) is 17.0. The predicted molar refractivity (Wildman–Crippen MR) is 109 cm³/mol. The number of allylic oxidation sites excluding steroid dienone is 1. The van der Waals surface area contributed by atoms with Crippen LogP contribution in [0.5, 0.6) is 11.5 Å². The Labute approximate surface area is 178 Å². The van der Waals surface area contributed by atoms with Crippen LogP contribution in [-0.2, 0) is 9.53 Å². The molecule has 2 aromatic rings. The van der Waals surface area contributed by atoms with Gasteiger partial charge in [0.25, 0.3) is 5.91 Å². The maximum absolute atomic E-state index is 12.5. The van der Waals surface area contributed by atoms with Crippen molar-refractivity contribution < 1.29 is 33.0 Å². The van der Waals surface area contributed by atoms with Crippen LogP contribution in [0, 0.1) is 0 Å². The van der Waals surface area contributed by atoms with Gasteiger partial charge in [0.15, 0.2) is 12.4 Å². The van der Waals surface area contributed by atoms with E-state index in [9.17, 15) is 14.4 Å². The molecule has 0 atom stereocenters. The van der Waals surface area contributed by atoms with Gasteiger partial charge in [-0.1, -0.05) is 0 Å². The first kappa shape index (κ1) is 20.5. The van der Waals surface area contributed by atoms with Crippen molar-refractivity contribution in [3.8, 4) is 11.5 Å². The number of carbonyl (C=O) groups is 3. The molecule has 0 N–H and O–H groups in total. The molecule has 4 rings (SSSR count). The molecular weight excluding hydrogens is 404 g/mol. The van der Waals surface area contributed by atoms with Crippen molar-refractivity contribution in [2.45, 2.75) is 6.92 Å². The molecule has 0 bridgehead atoms. The highest BCUT2D eigenvalue weighted by Gasteiger charge is 2.29.